The predicted molar refractivity (Wildman–Crippen MR) is 92.9 cm³/mol. The second kappa shape index (κ2) is 6.41. The minimum absolute atomic E-state index is 0.00184. The van der Waals surface area contributed by atoms with Crippen LogP contribution in [0, 0.1) is 17.3 Å². The molecule has 3 aliphatic carbocycles. The summed E-state index contributed by atoms with van der Waals surface area (Å²) in [7, 11) is 0. The van der Waals surface area contributed by atoms with E-state index in [1.54, 1.807) is 6.07 Å². The molecule has 0 aliphatic heterocycles. The lowest BCUT2D eigenvalue weighted by Crippen LogP contribution is -2.50. The van der Waals surface area contributed by atoms with Gasteiger partial charge in [-0.15, -0.1) is 0 Å². The number of benzene rings is 1. The van der Waals surface area contributed by atoms with E-state index in [2.05, 4.69) is 0 Å². The number of Topliss-reactive ketones (excluding diaryl/α,β-unsaturated/α-hetero) is 1. The number of phenolic OH excluding ortho intramolecular Hbond substituents is 1. The molecule has 0 heterocycles. The van der Waals surface area contributed by atoms with E-state index in [-0.39, 0.29) is 30.0 Å². The average Bonchev–Trinajstić information content (AvgIpc) is 2.52. The number of carboxylic acids is 1. The minimum Gasteiger partial charge on any atom is -0.508 e. The Morgan fingerprint density at radius 1 is 1.19 bits per heavy atom. The van der Waals surface area contributed by atoms with Crippen molar-refractivity contribution < 1.29 is 29.3 Å². The molecular weight excluding hydrogens is 336 g/mol. The van der Waals surface area contributed by atoms with Gasteiger partial charge in [0.1, 0.15) is 11.5 Å². The number of rotatable bonds is 4. The number of ketones is 1. The molecule has 4 rings (SSSR count). The molecule has 6 nitrogen and oxygen atoms in total. The number of aromatic hydroxyl groups is 1. The lowest BCUT2D eigenvalue weighted by molar-refractivity contribution is -0.164. The summed E-state index contributed by atoms with van der Waals surface area (Å²) in [6.07, 6.45) is 0.798. The van der Waals surface area contributed by atoms with Crippen molar-refractivity contribution in [3.05, 3.63) is 29.3 Å². The van der Waals surface area contributed by atoms with Crippen LogP contribution >= 0.6 is 0 Å². The zero-order valence-electron chi connectivity index (χ0n) is 15.2. The first-order valence-electron chi connectivity index (χ1n) is 8.85. The minimum atomic E-state index is -1.18. The number of esters is 1. The molecule has 2 N–H and O–H groups in total. The van der Waals surface area contributed by atoms with E-state index >= 15 is 0 Å². The molecule has 0 radical (unpaired) electrons. The molecule has 6 heteroatoms. The Hall–Kier alpha value is -2.37. The third-order valence-corrected chi connectivity index (χ3v) is 5.41. The first-order valence-corrected chi connectivity index (χ1v) is 8.85. The van der Waals surface area contributed by atoms with Crippen LogP contribution in [0.2, 0.25) is 0 Å². The standard InChI is InChI=1S/C20H24O6/c1-20(2,3)6-7-26-19(25)16-13-9-14(22)15(17(16)18(23)24)12-8-10(21)4-5-11(12)13/h4-5,8,13,15-17,21H,6-7,9H2,1-3H3,(H,23,24). The van der Waals surface area contributed by atoms with E-state index in [4.69, 9.17) is 4.74 Å². The summed E-state index contributed by atoms with van der Waals surface area (Å²) in [5, 5.41) is 19.5. The van der Waals surface area contributed by atoms with Gasteiger partial charge in [-0.2, -0.15) is 0 Å². The number of carbonyl (C=O) groups is 3. The quantitative estimate of drug-likeness (QED) is 0.801. The maximum Gasteiger partial charge on any atom is 0.310 e. The maximum atomic E-state index is 12.7. The Balaban J connectivity index is 1.93. The number of hydrogen-bond donors (Lipinski definition) is 2. The van der Waals surface area contributed by atoms with Crippen LogP contribution in [0.5, 0.6) is 5.75 Å². The van der Waals surface area contributed by atoms with Gasteiger partial charge in [-0.05, 0) is 35.1 Å². The Kier molecular flexibility index (Phi) is 4.54. The fourth-order valence-electron chi connectivity index (χ4n) is 4.13. The van der Waals surface area contributed by atoms with Crippen molar-refractivity contribution in [2.45, 2.75) is 45.4 Å². The Morgan fingerprint density at radius 2 is 1.88 bits per heavy atom. The van der Waals surface area contributed by atoms with Gasteiger partial charge in [-0.1, -0.05) is 26.8 Å². The van der Waals surface area contributed by atoms with Gasteiger partial charge in [0, 0.05) is 12.3 Å². The molecule has 3 aliphatic rings. The molecule has 0 saturated heterocycles. The topological polar surface area (TPSA) is 101 Å². The number of phenols is 1. The number of hydrogen-bond acceptors (Lipinski definition) is 5. The molecule has 2 bridgehead atoms. The summed E-state index contributed by atoms with van der Waals surface area (Å²) in [6.45, 7) is 6.32. The summed E-state index contributed by atoms with van der Waals surface area (Å²) >= 11 is 0. The number of ether oxygens (including phenoxy) is 1. The molecule has 1 aromatic rings. The summed E-state index contributed by atoms with van der Waals surface area (Å²) in [5.74, 6) is -5.42. The fourth-order valence-corrected chi connectivity index (χ4v) is 4.13. The van der Waals surface area contributed by atoms with Crippen molar-refractivity contribution in [1.82, 2.24) is 0 Å². The first-order chi connectivity index (χ1) is 12.1. The van der Waals surface area contributed by atoms with Crippen molar-refractivity contribution >= 4 is 17.7 Å². The van der Waals surface area contributed by atoms with Gasteiger partial charge in [0.2, 0.25) is 0 Å². The van der Waals surface area contributed by atoms with Crippen LogP contribution in [0.4, 0.5) is 0 Å². The van der Waals surface area contributed by atoms with Gasteiger partial charge >= 0.3 is 11.9 Å². The molecule has 4 atom stereocenters. The fraction of sp³-hybridized carbons (Fsp3) is 0.550. The van der Waals surface area contributed by atoms with E-state index in [9.17, 15) is 24.6 Å². The van der Waals surface area contributed by atoms with Gasteiger partial charge in [0.25, 0.3) is 0 Å². The van der Waals surface area contributed by atoms with E-state index < -0.39 is 35.6 Å². The van der Waals surface area contributed by atoms with Crippen LogP contribution in [0.25, 0.3) is 0 Å². The van der Waals surface area contributed by atoms with Crippen molar-refractivity contribution in [3.63, 3.8) is 0 Å². The zero-order valence-corrected chi connectivity index (χ0v) is 15.2. The van der Waals surface area contributed by atoms with Gasteiger partial charge in [-0.25, -0.2) is 0 Å². The lowest BCUT2D eigenvalue weighted by atomic mass is 9.55. The first kappa shape index (κ1) is 18.4. The molecule has 1 saturated carbocycles. The largest absolute Gasteiger partial charge is 0.508 e. The smallest absolute Gasteiger partial charge is 0.310 e. The maximum absolute atomic E-state index is 12.7. The highest BCUT2D eigenvalue weighted by atomic mass is 16.5. The summed E-state index contributed by atoms with van der Waals surface area (Å²) in [6, 6.07) is 4.63. The normalized spacial score (nSPS) is 27.1. The van der Waals surface area contributed by atoms with Crippen LogP contribution in [0.1, 0.15) is 56.6 Å². The van der Waals surface area contributed by atoms with Crippen molar-refractivity contribution in [3.8, 4) is 5.75 Å². The Bertz CT molecular complexity index is 760. The monoisotopic (exact) mass is 360 g/mol. The number of fused-ring (bicyclic) bond motifs is 2. The number of aliphatic carboxylic acids is 1. The van der Waals surface area contributed by atoms with E-state index in [0.29, 0.717) is 12.0 Å². The van der Waals surface area contributed by atoms with Gasteiger partial charge < -0.3 is 14.9 Å². The van der Waals surface area contributed by atoms with E-state index in [1.807, 2.05) is 20.8 Å². The molecule has 140 valence electrons. The van der Waals surface area contributed by atoms with Crippen molar-refractivity contribution in [2.24, 2.45) is 17.3 Å². The van der Waals surface area contributed by atoms with Gasteiger partial charge in [0.15, 0.2) is 0 Å². The Labute approximate surface area is 152 Å². The SMILES string of the molecule is CC(C)(C)CCOC(=O)C1C2CC(=O)C(c3cc(O)ccc32)C1C(=O)O. The highest BCUT2D eigenvalue weighted by molar-refractivity contribution is 5.98. The number of carboxylic acid groups (broad SMARTS) is 1. The zero-order chi connectivity index (χ0) is 19.2. The average molecular weight is 360 g/mol. The van der Waals surface area contributed by atoms with Crippen LogP contribution in [-0.2, 0) is 19.1 Å². The molecular formula is C20H24O6. The van der Waals surface area contributed by atoms with Crippen molar-refractivity contribution in [1.29, 1.82) is 0 Å². The Morgan fingerprint density at radius 3 is 2.50 bits per heavy atom. The molecule has 0 amide bonds. The summed E-state index contributed by atoms with van der Waals surface area (Å²) in [4.78, 5) is 37.1. The molecule has 1 fully saturated rings. The molecule has 26 heavy (non-hydrogen) atoms. The predicted octanol–water partition coefficient (Wildman–Crippen LogP) is 2.84. The second-order valence-corrected chi connectivity index (χ2v) is 8.44. The van der Waals surface area contributed by atoms with Crippen LogP contribution < -0.4 is 0 Å². The summed E-state index contributed by atoms with van der Waals surface area (Å²) < 4.78 is 5.40. The summed E-state index contributed by atoms with van der Waals surface area (Å²) in [5.41, 5.74) is 1.29. The van der Waals surface area contributed by atoms with Gasteiger partial charge in [-0.3, -0.25) is 14.4 Å². The lowest BCUT2D eigenvalue weighted by Gasteiger charge is -2.45. The molecule has 4 unspecified atom stereocenters. The van der Waals surface area contributed by atoms with Crippen LogP contribution in [0.3, 0.4) is 0 Å². The third-order valence-electron chi connectivity index (χ3n) is 5.41. The van der Waals surface area contributed by atoms with E-state index in [0.717, 1.165) is 5.56 Å². The van der Waals surface area contributed by atoms with Crippen LogP contribution in [-0.4, -0.2) is 34.5 Å². The molecule has 0 spiro atoms. The molecule has 0 aromatic heterocycles. The number of carbonyl (C=O) groups excluding carboxylic acids is 2. The van der Waals surface area contributed by atoms with Gasteiger partial charge in [0.05, 0.1) is 24.4 Å². The highest BCUT2D eigenvalue weighted by Gasteiger charge is 2.57. The van der Waals surface area contributed by atoms with Crippen molar-refractivity contribution in [2.75, 3.05) is 6.61 Å². The highest BCUT2D eigenvalue weighted by Crippen LogP contribution is 2.55. The second-order valence-electron chi connectivity index (χ2n) is 8.44. The third kappa shape index (κ3) is 3.20. The van der Waals surface area contributed by atoms with E-state index in [1.165, 1.54) is 12.1 Å². The van der Waals surface area contributed by atoms with Crippen LogP contribution in [0.15, 0.2) is 18.2 Å². The molecule has 1 aromatic carbocycles.